The number of amides is 2. The Balaban J connectivity index is 1.54. The molecule has 0 unspecified atom stereocenters. The van der Waals surface area contributed by atoms with Gasteiger partial charge in [-0.25, -0.2) is 4.39 Å². The maximum atomic E-state index is 14.3. The zero-order valence-corrected chi connectivity index (χ0v) is 16.3. The van der Waals surface area contributed by atoms with Crippen LogP contribution in [0.5, 0.6) is 0 Å². The first-order valence-electron chi connectivity index (χ1n) is 9.73. The minimum atomic E-state index is -1.42. The molecule has 1 N–H and O–H groups in total. The highest BCUT2D eigenvalue weighted by Crippen LogP contribution is 2.30. The number of Topliss-reactive ketones (excluding diaryl/α,β-unsaturated/α-hetero) is 1. The molecule has 4 atom stereocenters. The van der Waals surface area contributed by atoms with Crippen molar-refractivity contribution in [2.75, 3.05) is 13.2 Å². The lowest BCUT2D eigenvalue weighted by atomic mass is 10.0. The second kappa shape index (κ2) is 7.59. The SMILES string of the molecule is CC(C)C[C@H](NC(=O)c1cc2ccccc2o1)C(=O)N1C[C@H](F)[C@H]2OCC(=O)[C@H]21. The molecule has 4 rings (SSSR count). The summed E-state index contributed by atoms with van der Waals surface area (Å²) in [6, 6.07) is 7.01. The largest absolute Gasteiger partial charge is 0.451 e. The van der Waals surface area contributed by atoms with Crippen LogP contribution in [0, 0.1) is 5.92 Å². The number of furan rings is 1. The summed E-state index contributed by atoms with van der Waals surface area (Å²) >= 11 is 0. The third kappa shape index (κ3) is 3.64. The minimum absolute atomic E-state index is 0.0926. The molecule has 2 aliphatic heterocycles. The molecule has 0 bridgehead atoms. The Kier molecular flexibility index (Phi) is 5.12. The van der Waals surface area contributed by atoms with Crippen molar-refractivity contribution in [3.63, 3.8) is 0 Å². The predicted molar refractivity (Wildman–Crippen MR) is 102 cm³/mol. The highest BCUT2D eigenvalue weighted by molar-refractivity contribution is 6.00. The molecule has 0 saturated carbocycles. The second-order valence-corrected chi connectivity index (χ2v) is 8.00. The van der Waals surface area contributed by atoms with Crippen LogP contribution >= 0.6 is 0 Å². The molecule has 2 fully saturated rings. The number of benzene rings is 1. The van der Waals surface area contributed by atoms with Gasteiger partial charge in [-0.1, -0.05) is 32.0 Å². The number of nitrogens with one attached hydrogen (secondary N) is 1. The average Bonchev–Trinajstić information content (AvgIpc) is 3.36. The third-order valence-electron chi connectivity index (χ3n) is 5.37. The van der Waals surface area contributed by atoms with Gasteiger partial charge >= 0.3 is 0 Å². The van der Waals surface area contributed by atoms with Gasteiger partial charge in [-0.05, 0) is 24.5 Å². The lowest BCUT2D eigenvalue weighted by Gasteiger charge is -2.28. The van der Waals surface area contributed by atoms with E-state index < -0.39 is 36.2 Å². The van der Waals surface area contributed by atoms with Gasteiger partial charge in [-0.2, -0.15) is 0 Å². The van der Waals surface area contributed by atoms with E-state index >= 15 is 0 Å². The first-order valence-corrected chi connectivity index (χ1v) is 9.73. The summed E-state index contributed by atoms with van der Waals surface area (Å²) < 4.78 is 25.0. The number of carbonyl (C=O) groups is 3. The topological polar surface area (TPSA) is 88.8 Å². The number of carbonyl (C=O) groups excluding carboxylic acids is 3. The molecule has 0 aliphatic carbocycles. The number of ketones is 1. The number of likely N-dealkylation sites (tertiary alicyclic amines) is 1. The molecule has 154 valence electrons. The Labute approximate surface area is 167 Å². The van der Waals surface area contributed by atoms with Crippen LogP contribution in [-0.4, -0.2) is 60.0 Å². The maximum absolute atomic E-state index is 14.3. The maximum Gasteiger partial charge on any atom is 0.287 e. The van der Waals surface area contributed by atoms with E-state index in [2.05, 4.69) is 5.32 Å². The van der Waals surface area contributed by atoms with Crippen LogP contribution in [0.3, 0.4) is 0 Å². The number of rotatable bonds is 5. The molecular formula is C21H23FN2O5. The van der Waals surface area contributed by atoms with Gasteiger partial charge in [0.05, 0.1) is 6.54 Å². The van der Waals surface area contributed by atoms with Crippen LogP contribution in [0.25, 0.3) is 11.0 Å². The number of para-hydroxylation sites is 1. The van der Waals surface area contributed by atoms with E-state index in [1.54, 1.807) is 18.2 Å². The molecule has 7 nitrogen and oxygen atoms in total. The fourth-order valence-electron chi connectivity index (χ4n) is 4.04. The van der Waals surface area contributed by atoms with Crippen molar-refractivity contribution in [1.82, 2.24) is 10.2 Å². The molecule has 1 aromatic heterocycles. The van der Waals surface area contributed by atoms with E-state index in [9.17, 15) is 18.8 Å². The molecule has 2 saturated heterocycles. The van der Waals surface area contributed by atoms with Gasteiger partial charge in [0.15, 0.2) is 11.5 Å². The normalized spacial score (nSPS) is 24.9. The zero-order valence-electron chi connectivity index (χ0n) is 16.3. The quantitative estimate of drug-likeness (QED) is 0.827. The summed E-state index contributed by atoms with van der Waals surface area (Å²) in [5, 5.41) is 3.49. The summed E-state index contributed by atoms with van der Waals surface area (Å²) in [5.41, 5.74) is 0.570. The van der Waals surface area contributed by atoms with E-state index in [1.165, 1.54) is 4.90 Å². The average molecular weight is 402 g/mol. The Morgan fingerprint density at radius 3 is 2.79 bits per heavy atom. The Hall–Kier alpha value is -2.74. The number of ether oxygens (including phenoxy) is 1. The van der Waals surface area contributed by atoms with Gasteiger partial charge < -0.3 is 19.4 Å². The molecule has 2 aromatic rings. The molecule has 0 radical (unpaired) electrons. The van der Waals surface area contributed by atoms with Crippen molar-refractivity contribution in [2.24, 2.45) is 5.92 Å². The fourth-order valence-corrected chi connectivity index (χ4v) is 4.04. The lowest BCUT2D eigenvalue weighted by Crippen LogP contribution is -2.52. The van der Waals surface area contributed by atoms with Crippen molar-refractivity contribution < 1.29 is 27.9 Å². The molecule has 3 heterocycles. The van der Waals surface area contributed by atoms with Gasteiger partial charge in [0.1, 0.15) is 36.5 Å². The van der Waals surface area contributed by atoms with Crippen molar-refractivity contribution in [3.05, 3.63) is 36.1 Å². The second-order valence-electron chi connectivity index (χ2n) is 8.00. The molecule has 2 amide bonds. The van der Waals surface area contributed by atoms with Crippen molar-refractivity contribution in [2.45, 2.75) is 44.6 Å². The van der Waals surface area contributed by atoms with Gasteiger partial charge in [-0.3, -0.25) is 14.4 Å². The van der Waals surface area contributed by atoms with Gasteiger partial charge in [0.2, 0.25) is 5.91 Å². The highest BCUT2D eigenvalue weighted by Gasteiger charge is 2.53. The molecule has 2 aliphatic rings. The highest BCUT2D eigenvalue weighted by atomic mass is 19.1. The summed E-state index contributed by atoms with van der Waals surface area (Å²) in [6.45, 7) is 3.43. The van der Waals surface area contributed by atoms with Crippen LogP contribution in [0.15, 0.2) is 34.7 Å². The van der Waals surface area contributed by atoms with Crippen LogP contribution in [-0.2, 0) is 14.3 Å². The summed E-state index contributed by atoms with van der Waals surface area (Å²) in [5.74, 6) is -1.12. The first kappa shape index (κ1) is 19.6. The van der Waals surface area contributed by atoms with Crippen molar-refractivity contribution in [3.8, 4) is 0 Å². The van der Waals surface area contributed by atoms with Crippen LogP contribution in [0.4, 0.5) is 4.39 Å². The number of hydrogen-bond acceptors (Lipinski definition) is 5. The first-order chi connectivity index (χ1) is 13.8. The summed E-state index contributed by atoms with van der Waals surface area (Å²) in [7, 11) is 0. The Morgan fingerprint density at radius 1 is 1.31 bits per heavy atom. The predicted octanol–water partition coefficient (Wildman–Crippen LogP) is 2.09. The fraction of sp³-hybridized carbons (Fsp3) is 0.476. The Morgan fingerprint density at radius 2 is 2.07 bits per heavy atom. The van der Waals surface area contributed by atoms with Crippen LogP contribution in [0.1, 0.15) is 30.8 Å². The monoisotopic (exact) mass is 402 g/mol. The van der Waals surface area contributed by atoms with E-state index in [4.69, 9.17) is 9.15 Å². The van der Waals surface area contributed by atoms with Gasteiger partial charge in [0, 0.05) is 5.39 Å². The summed E-state index contributed by atoms with van der Waals surface area (Å²) in [4.78, 5) is 39.2. The van der Waals surface area contributed by atoms with Crippen molar-refractivity contribution >= 4 is 28.6 Å². The van der Waals surface area contributed by atoms with Crippen LogP contribution < -0.4 is 5.32 Å². The molecule has 8 heteroatoms. The number of halogens is 1. The lowest BCUT2D eigenvalue weighted by molar-refractivity contribution is -0.138. The number of alkyl halides is 1. The van der Waals surface area contributed by atoms with E-state index in [0.717, 1.165) is 5.39 Å². The zero-order chi connectivity index (χ0) is 20.7. The van der Waals surface area contributed by atoms with E-state index in [-0.39, 0.29) is 30.6 Å². The van der Waals surface area contributed by atoms with Crippen molar-refractivity contribution in [1.29, 1.82) is 0 Å². The number of hydrogen-bond donors (Lipinski definition) is 1. The molecular weight excluding hydrogens is 379 g/mol. The smallest absolute Gasteiger partial charge is 0.287 e. The van der Waals surface area contributed by atoms with E-state index in [1.807, 2.05) is 26.0 Å². The van der Waals surface area contributed by atoms with Crippen LogP contribution in [0.2, 0.25) is 0 Å². The Bertz CT molecular complexity index is 922. The minimum Gasteiger partial charge on any atom is -0.451 e. The molecule has 0 spiro atoms. The van der Waals surface area contributed by atoms with Gasteiger partial charge in [-0.15, -0.1) is 0 Å². The van der Waals surface area contributed by atoms with E-state index in [0.29, 0.717) is 12.0 Å². The molecule has 29 heavy (non-hydrogen) atoms. The summed E-state index contributed by atoms with van der Waals surface area (Å²) in [6.07, 6.45) is -1.98. The molecule has 1 aromatic carbocycles. The third-order valence-corrected chi connectivity index (χ3v) is 5.37. The van der Waals surface area contributed by atoms with Gasteiger partial charge in [0.25, 0.3) is 5.91 Å². The standard InChI is InChI=1S/C21H23FN2O5/c1-11(2)7-14(21(27)24-9-13(22)19-18(24)15(25)10-28-19)23-20(26)17-8-12-5-3-4-6-16(12)29-17/h3-6,8,11,13-14,18-19H,7,9-10H2,1-2H3,(H,23,26)/t13-,14-,18+,19+/m0/s1. The number of fused-ring (bicyclic) bond motifs is 2. The number of nitrogens with zero attached hydrogens (tertiary/aromatic N) is 1.